The van der Waals surface area contributed by atoms with Crippen molar-refractivity contribution in [2.45, 2.75) is 0 Å². The molecule has 0 fully saturated rings. The normalized spacial score (nSPS) is 10.5. The van der Waals surface area contributed by atoms with E-state index in [9.17, 15) is 0 Å². The summed E-state index contributed by atoms with van der Waals surface area (Å²) in [5.74, 6) is 6.12. The van der Waals surface area contributed by atoms with E-state index < -0.39 is 0 Å². The Balaban J connectivity index is 1.88. The third-order valence-corrected chi connectivity index (χ3v) is 3.82. The predicted octanol–water partition coefficient (Wildman–Crippen LogP) is 3.35. The fourth-order valence-electron chi connectivity index (χ4n) is 2.59. The maximum absolute atomic E-state index is 6.11. The summed E-state index contributed by atoms with van der Waals surface area (Å²) in [6.07, 6.45) is 1.76. The van der Waals surface area contributed by atoms with Gasteiger partial charge in [-0.2, -0.15) is 0 Å². The minimum Gasteiger partial charge on any atom is -0.399 e. The second-order valence-corrected chi connectivity index (χ2v) is 5.51. The third-order valence-electron chi connectivity index (χ3n) is 3.82. The number of nitrogens with zero attached hydrogens (tertiary/aromatic N) is 2. The molecule has 0 bridgehead atoms. The number of nitrogen functional groups attached to an aromatic ring is 2. The van der Waals surface area contributed by atoms with Gasteiger partial charge in [-0.3, -0.25) is 4.98 Å². The Bertz CT molecular complexity index is 1120. The molecule has 4 N–H and O–H groups in total. The van der Waals surface area contributed by atoms with E-state index in [2.05, 4.69) is 21.8 Å². The van der Waals surface area contributed by atoms with Crippen molar-refractivity contribution in [1.82, 2.24) is 9.97 Å². The second-order valence-electron chi connectivity index (χ2n) is 5.51. The van der Waals surface area contributed by atoms with Crippen molar-refractivity contribution in [1.29, 1.82) is 0 Å². The van der Waals surface area contributed by atoms with Crippen LogP contribution in [0.5, 0.6) is 0 Å². The summed E-state index contributed by atoms with van der Waals surface area (Å²) in [5.41, 5.74) is 16.1. The van der Waals surface area contributed by atoms with E-state index in [0.29, 0.717) is 17.1 Å². The van der Waals surface area contributed by atoms with Crippen LogP contribution in [-0.4, -0.2) is 9.97 Å². The summed E-state index contributed by atoms with van der Waals surface area (Å²) in [6, 6.07) is 17.2. The zero-order valence-electron chi connectivity index (χ0n) is 12.8. The largest absolute Gasteiger partial charge is 0.399 e. The van der Waals surface area contributed by atoms with Gasteiger partial charge in [-0.05, 0) is 42.3 Å². The molecule has 0 aliphatic carbocycles. The molecule has 4 rings (SSSR count). The highest BCUT2D eigenvalue weighted by Gasteiger charge is 2.06. The smallest absolute Gasteiger partial charge is 0.137 e. The first kappa shape index (κ1) is 14.0. The molecule has 2 aromatic carbocycles. The molecule has 0 amide bonds. The quantitative estimate of drug-likeness (QED) is 0.297. The Kier molecular flexibility index (Phi) is 3.25. The molecule has 114 valence electrons. The lowest BCUT2D eigenvalue weighted by molar-refractivity contribution is 1.35. The van der Waals surface area contributed by atoms with E-state index in [0.717, 1.165) is 27.4 Å². The van der Waals surface area contributed by atoms with Crippen LogP contribution in [0.4, 0.5) is 11.4 Å². The molecule has 0 atom stereocenters. The van der Waals surface area contributed by atoms with Gasteiger partial charge in [0, 0.05) is 28.2 Å². The van der Waals surface area contributed by atoms with Gasteiger partial charge in [0.2, 0.25) is 0 Å². The number of anilines is 2. The number of nitrogens with two attached hydrogens (primary N) is 2. The first-order chi connectivity index (χ1) is 11.7. The van der Waals surface area contributed by atoms with Gasteiger partial charge >= 0.3 is 0 Å². The van der Waals surface area contributed by atoms with Crippen molar-refractivity contribution < 1.29 is 0 Å². The van der Waals surface area contributed by atoms with Crippen molar-refractivity contribution in [3.63, 3.8) is 0 Å². The number of hydrogen-bond acceptors (Lipinski definition) is 4. The molecule has 0 saturated carbocycles. The highest BCUT2D eigenvalue weighted by molar-refractivity contribution is 6.03. The van der Waals surface area contributed by atoms with Gasteiger partial charge < -0.3 is 11.5 Å². The summed E-state index contributed by atoms with van der Waals surface area (Å²) in [7, 11) is 0. The zero-order chi connectivity index (χ0) is 16.5. The minimum atomic E-state index is 0.553. The van der Waals surface area contributed by atoms with Crippen molar-refractivity contribution in [2.24, 2.45) is 0 Å². The number of pyridine rings is 2. The minimum absolute atomic E-state index is 0.553. The number of rotatable bonds is 0. The van der Waals surface area contributed by atoms with E-state index in [1.165, 1.54) is 0 Å². The maximum Gasteiger partial charge on any atom is 0.137 e. The molecule has 0 aliphatic rings. The van der Waals surface area contributed by atoms with Crippen LogP contribution in [0.1, 0.15) is 11.3 Å². The Hall–Kier alpha value is -3.58. The number of aromatic nitrogens is 2. The van der Waals surface area contributed by atoms with E-state index in [4.69, 9.17) is 11.5 Å². The molecule has 0 aliphatic heterocycles. The van der Waals surface area contributed by atoms with Crippen LogP contribution in [0.3, 0.4) is 0 Å². The average Bonchev–Trinajstić information content (AvgIpc) is 2.61. The van der Waals surface area contributed by atoms with Crippen LogP contribution in [-0.2, 0) is 0 Å². The first-order valence-electron chi connectivity index (χ1n) is 7.52. The molecule has 4 heteroatoms. The van der Waals surface area contributed by atoms with Crippen LogP contribution in [0, 0.1) is 11.8 Å². The van der Waals surface area contributed by atoms with Crippen molar-refractivity contribution in [3.8, 4) is 11.8 Å². The average molecular weight is 310 g/mol. The first-order valence-corrected chi connectivity index (χ1v) is 7.52. The summed E-state index contributed by atoms with van der Waals surface area (Å²) in [6.45, 7) is 0. The summed E-state index contributed by atoms with van der Waals surface area (Å²) in [5, 5.41) is 2.00. The number of fused-ring (bicyclic) bond motifs is 3. The fourth-order valence-corrected chi connectivity index (χ4v) is 2.59. The molecule has 4 aromatic rings. The van der Waals surface area contributed by atoms with Crippen molar-refractivity contribution in [3.05, 3.63) is 72.1 Å². The molecule has 4 nitrogen and oxygen atoms in total. The summed E-state index contributed by atoms with van der Waals surface area (Å²) >= 11 is 0. The van der Waals surface area contributed by atoms with E-state index in [-0.39, 0.29) is 0 Å². The molecule has 0 radical (unpaired) electrons. The number of benzene rings is 2. The van der Waals surface area contributed by atoms with Gasteiger partial charge in [0.05, 0.1) is 16.7 Å². The molecule has 2 aromatic heterocycles. The standard InChI is InChI=1S/C20H14N4/c21-16-8-3-13(4-9-16)5-10-18-17(22)12-15-7-6-14-2-1-11-23-19(14)20(15)24-18/h1-4,6-9,11-12H,21-22H2. The Labute approximate surface area is 139 Å². The second kappa shape index (κ2) is 5.56. The molecular weight excluding hydrogens is 296 g/mol. The molecule has 0 spiro atoms. The zero-order valence-corrected chi connectivity index (χ0v) is 12.8. The molecule has 0 unspecified atom stereocenters. The summed E-state index contributed by atoms with van der Waals surface area (Å²) < 4.78 is 0. The van der Waals surface area contributed by atoms with E-state index in [1.807, 2.05) is 54.6 Å². The van der Waals surface area contributed by atoms with Crippen LogP contribution in [0.2, 0.25) is 0 Å². The van der Waals surface area contributed by atoms with Gasteiger partial charge in [0.15, 0.2) is 0 Å². The van der Waals surface area contributed by atoms with E-state index in [1.54, 1.807) is 6.20 Å². The molecule has 0 saturated heterocycles. The van der Waals surface area contributed by atoms with Crippen LogP contribution >= 0.6 is 0 Å². The van der Waals surface area contributed by atoms with Crippen LogP contribution in [0.25, 0.3) is 21.8 Å². The van der Waals surface area contributed by atoms with Gasteiger partial charge in [0.25, 0.3) is 0 Å². The Morgan fingerprint density at radius 1 is 0.792 bits per heavy atom. The van der Waals surface area contributed by atoms with Gasteiger partial charge in [-0.1, -0.05) is 24.1 Å². The van der Waals surface area contributed by atoms with Crippen molar-refractivity contribution in [2.75, 3.05) is 11.5 Å². The van der Waals surface area contributed by atoms with Gasteiger partial charge in [0.1, 0.15) is 5.69 Å². The number of hydrogen-bond donors (Lipinski definition) is 2. The Morgan fingerprint density at radius 3 is 2.42 bits per heavy atom. The molecule has 2 heterocycles. The highest BCUT2D eigenvalue weighted by Crippen LogP contribution is 2.24. The maximum atomic E-state index is 6.11. The van der Waals surface area contributed by atoms with E-state index >= 15 is 0 Å². The fraction of sp³-hybridized carbons (Fsp3) is 0. The predicted molar refractivity (Wildman–Crippen MR) is 98.3 cm³/mol. The third kappa shape index (κ3) is 2.49. The van der Waals surface area contributed by atoms with Gasteiger partial charge in [-0.25, -0.2) is 4.98 Å². The molecular formula is C20H14N4. The Morgan fingerprint density at radius 2 is 1.58 bits per heavy atom. The van der Waals surface area contributed by atoms with Gasteiger partial charge in [-0.15, -0.1) is 0 Å². The van der Waals surface area contributed by atoms with Crippen LogP contribution < -0.4 is 11.5 Å². The van der Waals surface area contributed by atoms with Crippen molar-refractivity contribution >= 4 is 33.2 Å². The van der Waals surface area contributed by atoms with Crippen LogP contribution in [0.15, 0.2) is 60.8 Å². The SMILES string of the molecule is Nc1ccc(C#Cc2nc3c(ccc4cccnc43)cc2N)cc1. The highest BCUT2D eigenvalue weighted by atomic mass is 14.8. The topological polar surface area (TPSA) is 77.8 Å². The monoisotopic (exact) mass is 310 g/mol. The summed E-state index contributed by atoms with van der Waals surface area (Å²) in [4.78, 5) is 9.09. The lowest BCUT2D eigenvalue weighted by atomic mass is 10.1. The molecule has 24 heavy (non-hydrogen) atoms. The lowest BCUT2D eigenvalue weighted by Crippen LogP contribution is -1.96. The lowest BCUT2D eigenvalue weighted by Gasteiger charge is -2.05.